The summed E-state index contributed by atoms with van der Waals surface area (Å²) in [6.45, 7) is 1.01. The molecule has 1 amide bonds. The molecule has 0 aliphatic carbocycles. The van der Waals surface area contributed by atoms with Crippen LogP contribution in [0, 0.1) is 0 Å². The molecule has 21 heavy (non-hydrogen) atoms. The van der Waals surface area contributed by atoms with Gasteiger partial charge in [-0.2, -0.15) is 0 Å². The number of aromatic nitrogens is 3. The van der Waals surface area contributed by atoms with Gasteiger partial charge in [0.15, 0.2) is 5.69 Å². The topological polar surface area (TPSA) is 88.3 Å². The van der Waals surface area contributed by atoms with Crippen LogP contribution in [0.2, 0.25) is 0 Å². The molecular formula is C13H14N4O3S. The van der Waals surface area contributed by atoms with E-state index in [4.69, 9.17) is 5.11 Å². The van der Waals surface area contributed by atoms with Gasteiger partial charge in [-0.3, -0.25) is 4.79 Å². The molecule has 0 spiro atoms. The molecule has 8 heteroatoms. The minimum absolute atomic E-state index is 0.194. The maximum atomic E-state index is 12.3. The van der Waals surface area contributed by atoms with Gasteiger partial charge in [0.1, 0.15) is 6.04 Å². The van der Waals surface area contributed by atoms with Gasteiger partial charge in [0.05, 0.1) is 12.7 Å². The van der Waals surface area contributed by atoms with Gasteiger partial charge in [-0.1, -0.05) is 11.3 Å². The quantitative estimate of drug-likeness (QED) is 0.913. The Hall–Kier alpha value is -2.22. The molecule has 1 atom stereocenters. The fraction of sp³-hybridized carbons (Fsp3) is 0.385. The minimum atomic E-state index is -0.966. The van der Waals surface area contributed by atoms with E-state index in [1.54, 1.807) is 22.2 Å². The highest BCUT2D eigenvalue weighted by Gasteiger charge is 2.35. The lowest BCUT2D eigenvalue weighted by Gasteiger charge is -2.19. The number of amides is 1. The minimum Gasteiger partial charge on any atom is -0.480 e. The maximum Gasteiger partial charge on any atom is 0.326 e. The second kappa shape index (κ2) is 5.65. The molecule has 3 heterocycles. The Balaban J connectivity index is 1.73. The number of nitrogens with zero attached hydrogens (tertiary/aromatic N) is 4. The Morgan fingerprint density at radius 2 is 2.33 bits per heavy atom. The van der Waals surface area contributed by atoms with Gasteiger partial charge in [-0.05, 0) is 24.3 Å². The first-order valence-corrected chi connectivity index (χ1v) is 7.49. The molecular weight excluding hydrogens is 292 g/mol. The number of carbonyl (C=O) groups is 2. The van der Waals surface area contributed by atoms with E-state index < -0.39 is 12.0 Å². The fourth-order valence-corrected chi connectivity index (χ4v) is 3.15. The Bertz CT molecular complexity index is 652. The number of likely N-dealkylation sites (tertiary alicyclic amines) is 1. The molecule has 0 unspecified atom stereocenters. The first kappa shape index (κ1) is 13.7. The number of carboxylic acids is 1. The molecule has 1 saturated heterocycles. The fourth-order valence-electron chi connectivity index (χ4n) is 2.45. The summed E-state index contributed by atoms with van der Waals surface area (Å²) < 4.78 is 1.59. The van der Waals surface area contributed by atoms with E-state index >= 15 is 0 Å². The molecule has 2 aromatic heterocycles. The van der Waals surface area contributed by atoms with Crippen molar-refractivity contribution >= 4 is 23.2 Å². The monoisotopic (exact) mass is 306 g/mol. The molecule has 0 bridgehead atoms. The molecule has 3 rings (SSSR count). The smallest absolute Gasteiger partial charge is 0.326 e. The third kappa shape index (κ3) is 2.80. The average molecular weight is 306 g/mol. The predicted molar refractivity (Wildman–Crippen MR) is 75.1 cm³/mol. The third-order valence-corrected chi connectivity index (χ3v) is 4.32. The van der Waals surface area contributed by atoms with E-state index in [2.05, 4.69) is 10.3 Å². The number of hydrogen-bond acceptors (Lipinski definition) is 5. The van der Waals surface area contributed by atoms with Crippen LogP contribution in [0.5, 0.6) is 0 Å². The SMILES string of the molecule is O=C(O)[C@@H]1CCCN1C(=O)c1cn(Cc2cccs2)nn1. The number of hydrogen-bond donors (Lipinski definition) is 1. The number of aliphatic carboxylic acids is 1. The zero-order valence-corrected chi connectivity index (χ0v) is 12.0. The standard InChI is InChI=1S/C13H14N4O3S/c18-12(17-5-1-4-11(17)13(19)20)10-8-16(15-14-10)7-9-3-2-6-21-9/h2-3,6,8,11H,1,4-5,7H2,(H,19,20)/t11-/m0/s1. The molecule has 2 aromatic rings. The predicted octanol–water partition coefficient (Wildman–Crippen LogP) is 1.08. The van der Waals surface area contributed by atoms with Gasteiger partial charge in [0.25, 0.3) is 5.91 Å². The summed E-state index contributed by atoms with van der Waals surface area (Å²) in [5.41, 5.74) is 0.194. The highest BCUT2D eigenvalue weighted by atomic mass is 32.1. The summed E-state index contributed by atoms with van der Waals surface area (Å²) in [4.78, 5) is 25.9. The van der Waals surface area contributed by atoms with Crippen LogP contribution in [0.3, 0.4) is 0 Å². The van der Waals surface area contributed by atoms with Crippen LogP contribution in [0.4, 0.5) is 0 Å². The van der Waals surface area contributed by atoms with Crippen LogP contribution in [-0.4, -0.2) is 49.5 Å². The molecule has 110 valence electrons. The van der Waals surface area contributed by atoms with Gasteiger partial charge in [0, 0.05) is 11.4 Å². The lowest BCUT2D eigenvalue weighted by Crippen LogP contribution is -2.40. The summed E-state index contributed by atoms with van der Waals surface area (Å²) in [7, 11) is 0. The Morgan fingerprint density at radius 3 is 3.05 bits per heavy atom. The highest BCUT2D eigenvalue weighted by Crippen LogP contribution is 2.19. The van der Waals surface area contributed by atoms with Gasteiger partial charge in [0.2, 0.25) is 0 Å². The normalized spacial score (nSPS) is 18.1. The van der Waals surface area contributed by atoms with Crippen molar-refractivity contribution < 1.29 is 14.7 Å². The zero-order chi connectivity index (χ0) is 14.8. The van der Waals surface area contributed by atoms with Crippen molar-refractivity contribution in [3.63, 3.8) is 0 Å². The van der Waals surface area contributed by atoms with Crippen molar-refractivity contribution in [1.82, 2.24) is 19.9 Å². The maximum absolute atomic E-state index is 12.3. The Labute approximate surface area is 124 Å². The number of carbonyl (C=O) groups excluding carboxylic acids is 1. The molecule has 1 aliphatic rings. The van der Waals surface area contributed by atoms with Crippen LogP contribution in [-0.2, 0) is 11.3 Å². The van der Waals surface area contributed by atoms with Crippen molar-refractivity contribution in [2.24, 2.45) is 0 Å². The largest absolute Gasteiger partial charge is 0.480 e. The molecule has 1 aliphatic heterocycles. The lowest BCUT2D eigenvalue weighted by molar-refractivity contribution is -0.141. The van der Waals surface area contributed by atoms with Crippen molar-refractivity contribution in [2.75, 3.05) is 6.54 Å². The average Bonchev–Trinajstić information content (AvgIpc) is 3.19. The van der Waals surface area contributed by atoms with Crippen molar-refractivity contribution in [3.05, 3.63) is 34.3 Å². The summed E-state index contributed by atoms with van der Waals surface area (Å²) in [6.07, 6.45) is 2.76. The van der Waals surface area contributed by atoms with Crippen LogP contribution in [0.15, 0.2) is 23.7 Å². The van der Waals surface area contributed by atoms with Crippen LogP contribution in [0.25, 0.3) is 0 Å². The number of rotatable bonds is 4. The molecule has 0 saturated carbocycles. The molecule has 0 aromatic carbocycles. The van der Waals surface area contributed by atoms with E-state index in [1.807, 2.05) is 17.5 Å². The van der Waals surface area contributed by atoms with E-state index in [1.165, 1.54) is 4.90 Å². The molecule has 7 nitrogen and oxygen atoms in total. The van der Waals surface area contributed by atoms with Crippen molar-refractivity contribution in [1.29, 1.82) is 0 Å². The Kier molecular flexibility index (Phi) is 3.70. The van der Waals surface area contributed by atoms with E-state index in [9.17, 15) is 9.59 Å². The van der Waals surface area contributed by atoms with Crippen LogP contribution < -0.4 is 0 Å². The third-order valence-electron chi connectivity index (χ3n) is 3.45. The first-order valence-electron chi connectivity index (χ1n) is 6.61. The van der Waals surface area contributed by atoms with Gasteiger partial charge in [-0.15, -0.1) is 16.4 Å². The zero-order valence-electron chi connectivity index (χ0n) is 11.2. The van der Waals surface area contributed by atoms with E-state index in [0.717, 1.165) is 4.88 Å². The Morgan fingerprint density at radius 1 is 1.48 bits per heavy atom. The lowest BCUT2D eigenvalue weighted by atomic mass is 10.2. The molecule has 1 fully saturated rings. The molecule has 1 N–H and O–H groups in total. The number of carboxylic acid groups (broad SMARTS) is 1. The second-order valence-electron chi connectivity index (χ2n) is 4.88. The summed E-state index contributed by atoms with van der Waals surface area (Å²) in [5, 5.41) is 18.9. The first-order chi connectivity index (χ1) is 10.1. The summed E-state index contributed by atoms with van der Waals surface area (Å²) in [5.74, 6) is -1.33. The van der Waals surface area contributed by atoms with Crippen molar-refractivity contribution in [2.45, 2.75) is 25.4 Å². The van der Waals surface area contributed by atoms with E-state index in [-0.39, 0.29) is 11.6 Å². The van der Waals surface area contributed by atoms with Crippen molar-refractivity contribution in [3.8, 4) is 0 Å². The van der Waals surface area contributed by atoms with E-state index in [0.29, 0.717) is 25.9 Å². The van der Waals surface area contributed by atoms with Gasteiger partial charge < -0.3 is 10.0 Å². The van der Waals surface area contributed by atoms with Gasteiger partial charge >= 0.3 is 5.97 Å². The highest BCUT2D eigenvalue weighted by molar-refractivity contribution is 7.09. The second-order valence-corrected chi connectivity index (χ2v) is 5.91. The van der Waals surface area contributed by atoms with Crippen LogP contribution >= 0.6 is 11.3 Å². The number of thiophene rings is 1. The summed E-state index contributed by atoms with van der Waals surface area (Å²) in [6, 6.07) is 3.18. The van der Waals surface area contributed by atoms with Crippen LogP contribution in [0.1, 0.15) is 28.2 Å². The molecule has 0 radical (unpaired) electrons. The van der Waals surface area contributed by atoms with Gasteiger partial charge in [-0.25, -0.2) is 9.48 Å². The summed E-state index contributed by atoms with van der Waals surface area (Å²) >= 11 is 1.60.